The van der Waals surface area contributed by atoms with E-state index in [1.165, 1.54) is 6.92 Å². The predicted molar refractivity (Wildman–Crippen MR) is 77.5 cm³/mol. The molecule has 0 saturated heterocycles. The van der Waals surface area contributed by atoms with Crippen LogP contribution in [-0.4, -0.2) is 36.3 Å². The smallest absolute Gasteiger partial charge is 0.260 e. The van der Waals surface area contributed by atoms with Crippen LogP contribution in [-0.2, 0) is 4.79 Å². The van der Waals surface area contributed by atoms with Gasteiger partial charge in [0.2, 0.25) is 0 Å². The Morgan fingerprint density at radius 1 is 1.37 bits per heavy atom. The lowest BCUT2D eigenvalue weighted by Gasteiger charge is -2.21. The molecule has 0 radical (unpaired) electrons. The van der Waals surface area contributed by atoms with Crippen molar-refractivity contribution in [1.82, 2.24) is 4.90 Å². The summed E-state index contributed by atoms with van der Waals surface area (Å²) in [7, 11) is 1.73. The van der Waals surface area contributed by atoms with Crippen molar-refractivity contribution < 1.29 is 14.3 Å². The molecule has 0 unspecified atom stereocenters. The third-order valence-corrected chi connectivity index (χ3v) is 3.33. The molecule has 0 atom stereocenters. The summed E-state index contributed by atoms with van der Waals surface area (Å²) >= 11 is 3.30. The Labute approximate surface area is 121 Å². The van der Waals surface area contributed by atoms with E-state index in [-0.39, 0.29) is 24.3 Å². The molecule has 0 fully saturated rings. The molecule has 1 rings (SSSR count). The summed E-state index contributed by atoms with van der Waals surface area (Å²) in [5.41, 5.74) is 0.467. The highest BCUT2D eigenvalue weighted by atomic mass is 79.9. The molecule has 0 aliphatic rings. The normalized spacial score (nSPS) is 10.4. The zero-order valence-corrected chi connectivity index (χ0v) is 13.2. The summed E-state index contributed by atoms with van der Waals surface area (Å²) in [6.45, 7) is 5.25. The van der Waals surface area contributed by atoms with Gasteiger partial charge >= 0.3 is 0 Å². The number of Topliss-reactive ketones (excluding diaryl/α,β-unsaturated/α-hetero) is 1. The number of ether oxygens (including phenoxy) is 1. The molecule has 1 amide bonds. The van der Waals surface area contributed by atoms with Crippen LogP contribution in [0.1, 0.15) is 31.1 Å². The summed E-state index contributed by atoms with van der Waals surface area (Å²) in [5.74, 6) is 0.217. The minimum absolute atomic E-state index is 0.0728. The first-order valence-electron chi connectivity index (χ1n) is 6.02. The number of rotatable bonds is 5. The molecule has 104 valence electrons. The Bertz CT molecular complexity index is 486. The second-order valence-electron chi connectivity index (χ2n) is 4.58. The maximum absolute atomic E-state index is 11.8. The zero-order chi connectivity index (χ0) is 14.6. The maximum atomic E-state index is 11.8. The van der Waals surface area contributed by atoms with Crippen LogP contribution in [0.3, 0.4) is 0 Å². The number of amides is 1. The van der Waals surface area contributed by atoms with Gasteiger partial charge in [-0.2, -0.15) is 0 Å². The second kappa shape index (κ2) is 6.70. The number of hydrogen-bond donors (Lipinski definition) is 0. The molecule has 0 aromatic heterocycles. The van der Waals surface area contributed by atoms with Crippen molar-refractivity contribution in [3.05, 3.63) is 28.2 Å². The lowest BCUT2D eigenvalue weighted by Crippen LogP contribution is -2.36. The number of nitrogens with zero attached hydrogens (tertiary/aromatic N) is 1. The van der Waals surface area contributed by atoms with Gasteiger partial charge in [-0.05, 0) is 39.0 Å². The van der Waals surface area contributed by atoms with Crippen LogP contribution in [0.4, 0.5) is 0 Å². The number of hydrogen-bond acceptors (Lipinski definition) is 3. The van der Waals surface area contributed by atoms with Crippen LogP contribution >= 0.6 is 15.9 Å². The molecule has 0 aliphatic carbocycles. The first-order valence-corrected chi connectivity index (χ1v) is 6.81. The van der Waals surface area contributed by atoms with E-state index < -0.39 is 0 Å². The van der Waals surface area contributed by atoms with Crippen molar-refractivity contribution in [2.45, 2.75) is 26.8 Å². The van der Waals surface area contributed by atoms with Gasteiger partial charge in [-0.25, -0.2) is 0 Å². The Hall–Kier alpha value is -1.36. The molecule has 0 aliphatic heterocycles. The van der Waals surface area contributed by atoms with Crippen LogP contribution < -0.4 is 4.74 Å². The number of carbonyl (C=O) groups is 2. The molecule has 0 N–H and O–H groups in total. The van der Waals surface area contributed by atoms with Crippen molar-refractivity contribution >= 4 is 27.6 Å². The topological polar surface area (TPSA) is 46.6 Å². The highest BCUT2D eigenvalue weighted by Crippen LogP contribution is 2.23. The van der Waals surface area contributed by atoms with Crippen LogP contribution in [0.5, 0.6) is 5.75 Å². The van der Waals surface area contributed by atoms with Gasteiger partial charge < -0.3 is 9.64 Å². The fourth-order valence-corrected chi connectivity index (χ4v) is 1.79. The lowest BCUT2D eigenvalue weighted by atomic mass is 10.1. The SMILES string of the molecule is CC(=O)c1cc(Br)ccc1OCC(=O)N(C)C(C)C. The van der Waals surface area contributed by atoms with E-state index in [1.54, 1.807) is 30.1 Å². The van der Waals surface area contributed by atoms with Crippen LogP contribution in [0.25, 0.3) is 0 Å². The van der Waals surface area contributed by atoms with E-state index in [1.807, 2.05) is 13.8 Å². The van der Waals surface area contributed by atoms with Gasteiger partial charge in [0.15, 0.2) is 12.4 Å². The number of halogens is 1. The zero-order valence-electron chi connectivity index (χ0n) is 11.6. The Morgan fingerprint density at radius 3 is 2.53 bits per heavy atom. The Morgan fingerprint density at radius 2 is 2.00 bits per heavy atom. The molecule has 1 aromatic carbocycles. The van der Waals surface area contributed by atoms with Gasteiger partial charge in [0.1, 0.15) is 5.75 Å². The first-order chi connectivity index (χ1) is 8.82. The Balaban J connectivity index is 2.78. The van der Waals surface area contributed by atoms with E-state index in [9.17, 15) is 9.59 Å². The largest absolute Gasteiger partial charge is 0.483 e. The molecule has 0 saturated carbocycles. The summed E-state index contributed by atoms with van der Waals surface area (Å²) in [5, 5.41) is 0. The Kier molecular flexibility index (Phi) is 5.54. The summed E-state index contributed by atoms with van der Waals surface area (Å²) in [6.07, 6.45) is 0. The maximum Gasteiger partial charge on any atom is 0.260 e. The average molecular weight is 328 g/mol. The predicted octanol–water partition coefficient (Wildman–Crippen LogP) is 2.90. The van der Waals surface area contributed by atoms with E-state index in [0.29, 0.717) is 11.3 Å². The van der Waals surface area contributed by atoms with Crippen molar-refractivity contribution in [2.75, 3.05) is 13.7 Å². The quantitative estimate of drug-likeness (QED) is 0.781. The van der Waals surface area contributed by atoms with Crippen molar-refractivity contribution in [3.8, 4) is 5.75 Å². The van der Waals surface area contributed by atoms with E-state index in [4.69, 9.17) is 4.74 Å². The van der Waals surface area contributed by atoms with Gasteiger partial charge in [0.05, 0.1) is 5.56 Å². The lowest BCUT2D eigenvalue weighted by molar-refractivity contribution is -0.133. The van der Waals surface area contributed by atoms with Crippen molar-refractivity contribution in [3.63, 3.8) is 0 Å². The molecule has 4 nitrogen and oxygen atoms in total. The van der Waals surface area contributed by atoms with Gasteiger partial charge in [0.25, 0.3) is 5.91 Å². The molecule has 5 heteroatoms. The van der Waals surface area contributed by atoms with E-state index in [0.717, 1.165) is 4.47 Å². The van der Waals surface area contributed by atoms with E-state index in [2.05, 4.69) is 15.9 Å². The van der Waals surface area contributed by atoms with Gasteiger partial charge in [-0.3, -0.25) is 9.59 Å². The van der Waals surface area contributed by atoms with Gasteiger partial charge in [0, 0.05) is 17.6 Å². The molecular formula is C14H18BrNO3. The number of ketones is 1. The summed E-state index contributed by atoms with van der Waals surface area (Å²) in [6, 6.07) is 5.27. The van der Waals surface area contributed by atoms with Crippen molar-refractivity contribution in [1.29, 1.82) is 0 Å². The fraction of sp³-hybridized carbons (Fsp3) is 0.429. The summed E-state index contributed by atoms with van der Waals surface area (Å²) in [4.78, 5) is 24.9. The van der Waals surface area contributed by atoms with Gasteiger partial charge in [-0.1, -0.05) is 15.9 Å². The first kappa shape index (κ1) is 15.7. The highest BCUT2D eigenvalue weighted by molar-refractivity contribution is 9.10. The van der Waals surface area contributed by atoms with Crippen LogP contribution in [0, 0.1) is 0 Å². The minimum atomic E-state index is -0.118. The number of benzene rings is 1. The van der Waals surface area contributed by atoms with Crippen LogP contribution in [0.2, 0.25) is 0 Å². The summed E-state index contributed by atoms with van der Waals surface area (Å²) < 4.78 is 6.26. The fourth-order valence-electron chi connectivity index (χ4n) is 1.43. The molecule has 19 heavy (non-hydrogen) atoms. The third-order valence-electron chi connectivity index (χ3n) is 2.84. The number of likely N-dealkylation sites (N-methyl/N-ethyl adjacent to an activating group) is 1. The molecular weight excluding hydrogens is 310 g/mol. The van der Waals surface area contributed by atoms with Crippen molar-refractivity contribution in [2.24, 2.45) is 0 Å². The molecule has 1 aromatic rings. The minimum Gasteiger partial charge on any atom is -0.483 e. The monoisotopic (exact) mass is 327 g/mol. The second-order valence-corrected chi connectivity index (χ2v) is 5.50. The molecule has 0 spiro atoms. The molecule has 0 bridgehead atoms. The highest BCUT2D eigenvalue weighted by Gasteiger charge is 2.15. The standard InChI is InChI=1S/C14H18BrNO3/c1-9(2)16(4)14(18)8-19-13-6-5-11(15)7-12(13)10(3)17/h5-7,9H,8H2,1-4H3. The average Bonchev–Trinajstić information content (AvgIpc) is 2.35. The van der Waals surface area contributed by atoms with Crippen LogP contribution in [0.15, 0.2) is 22.7 Å². The third kappa shape index (κ3) is 4.35. The molecule has 0 heterocycles. The van der Waals surface area contributed by atoms with Gasteiger partial charge in [-0.15, -0.1) is 0 Å². The van der Waals surface area contributed by atoms with E-state index >= 15 is 0 Å². The number of carbonyl (C=O) groups excluding carboxylic acids is 2.